The molecule has 5 nitrogen and oxygen atoms in total. The van der Waals surface area contributed by atoms with E-state index in [-0.39, 0.29) is 0 Å². The van der Waals surface area contributed by atoms with Crippen LogP contribution in [0, 0.1) is 0 Å². The first-order valence-corrected chi connectivity index (χ1v) is 6.86. The van der Waals surface area contributed by atoms with Crippen molar-refractivity contribution in [1.29, 1.82) is 0 Å². The molecule has 0 radical (unpaired) electrons. The summed E-state index contributed by atoms with van der Waals surface area (Å²) in [6, 6.07) is 8.26. The molecule has 1 N–H and O–H groups in total. The number of rotatable bonds is 6. The van der Waals surface area contributed by atoms with E-state index in [0.29, 0.717) is 6.61 Å². The summed E-state index contributed by atoms with van der Waals surface area (Å²) < 4.78 is 4.99. The summed E-state index contributed by atoms with van der Waals surface area (Å²) in [5, 5.41) is 13.3. The van der Waals surface area contributed by atoms with Crippen LogP contribution in [0.5, 0.6) is 0 Å². The fraction of sp³-hybridized carbons (Fsp3) is 0.385. The molecule has 19 heavy (non-hydrogen) atoms. The number of aromatic nitrogens is 2. The molecule has 0 saturated heterocycles. The second-order valence-corrected chi connectivity index (χ2v) is 5.25. The number of anilines is 2. The third-order valence-electron chi connectivity index (χ3n) is 2.62. The zero-order chi connectivity index (χ0) is 13.7. The molecule has 2 rings (SSSR count). The minimum Gasteiger partial charge on any atom is -0.383 e. The van der Waals surface area contributed by atoms with Gasteiger partial charge in [-0.05, 0) is 12.1 Å². The summed E-state index contributed by atoms with van der Waals surface area (Å²) in [6.07, 6.45) is 0. The van der Waals surface area contributed by atoms with Crippen LogP contribution in [-0.2, 0) is 4.74 Å². The summed E-state index contributed by atoms with van der Waals surface area (Å²) in [5.74, 6) is 0. The van der Waals surface area contributed by atoms with Crippen LogP contribution in [0.3, 0.4) is 0 Å². The van der Waals surface area contributed by atoms with Gasteiger partial charge in [-0.15, -0.1) is 10.2 Å². The van der Waals surface area contributed by atoms with E-state index in [4.69, 9.17) is 4.74 Å². The minimum absolute atomic E-state index is 0.658. The number of nitrogens with zero attached hydrogens (tertiary/aromatic N) is 3. The molecule has 0 bridgehead atoms. The van der Waals surface area contributed by atoms with E-state index in [1.165, 1.54) is 0 Å². The molecule has 6 heteroatoms. The van der Waals surface area contributed by atoms with Crippen LogP contribution < -0.4 is 10.2 Å². The number of ether oxygens (including phenoxy) is 1. The van der Waals surface area contributed by atoms with E-state index in [1.807, 2.05) is 26.2 Å². The van der Waals surface area contributed by atoms with Crippen molar-refractivity contribution in [2.45, 2.75) is 0 Å². The van der Waals surface area contributed by atoms with Crippen LogP contribution in [0.2, 0.25) is 0 Å². The molecule has 0 atom stereocenters. The van der Waals surface area contributed by atoms with Gasteiger partial charge in [0, 0.05) is 39.0 Å². The molecule has 0 fully saturated rings. The van der Waals surface area contributed by atoms with E-state index in [9.17, 15) is 0 Å². The van der Waals surface area contributed by atoms with E-state index in [2.05, 4.69) is 32.5 Å². The Balaban J connectivity index is 2.11. The van der Waals surface area contributed by atoms with Crippen molar-refractivity contribution in [3.63, 3.8) is 0 Å². The van der Waals surface area contributed by atoms with E-state index in [0.717, 1.165) is 27.9 Å². The summed E-state index contributed by atoms with van der Waals surface area (Å²) in [4.78, 5) is 2.07. The zero-order valence-electron chi connectivity index (χ0n) is 11.4. The predicted molar refractivity (Wildman–Crippen MR) is 80.0 cm³/mol. The first-order chi connectivity index (χ1) is 9.20. The van der Waals surface area contributed by atoms with Gasteiger partial charge >= 0.3 is 0 Å². The van der Waals surface area contributed by atoms with Gasteiger partial charge in [-0.2, -0.15) is 0 Å². The third-order valence-corrected chi connectivity index (χ3v) is 3.55. The second-order valence-electron chi connectivity index (χ2n) is 4.28. The van der Waals surface area contributed by atoms with E-state index in [1.54, 1.807) is 18.4 Å². The highest BCUT2D eigenvalue weighted by Gasteiger charge is 2.07. The van der Waals surface area contributed by atoms with Gasteiger partial charge in [-0.1, -0.05) is 23.5 Å². The van der Waals surface area contributed by atoms with E-state index < -0.39 is 0 Å². The van der Waals surface area contributed by atoms with Crippen molar-refractivity contribution in [3.05, 3.63) is 24.3 Å². The molecule has 0 aliphatic carbocycles. The van der Waals surface area contributed by atoms with Gasteiger partial charge in [0.25, 0.3) is 0 Å². The fourth-order valence-electron chi connectivity index (χ4n) is 1.59. The lowest BCUT2D eigenvalue weighted by molar-refractivity contribution is 0.211. The van der Waals surface area contributed by atoms with Gasteiger partial charge in [0.05, 0.1) is 6.61 Å². The van der Waals surface area contributed by atoms with Crippen LogP contribution in [0.1, 0.15) is 0 Å². The number of hydrogen-bond donors (Lipinski definition) is 1. The first-order valence-electron chi connectivity index (χ1n) is 6.05. The Bertz CT molecular complexity index is 527. The molecule has 0 aliphatic heterocycles. The number of nitrogens with one attached hydrogen (secondary N) is 1. The SMILES string of the molecule is COCCNc1nnc(-c2cccc(N(C)C)c2)s1. The largest absolute Gasteiger partial charge is 0.383 e. The standard InChI is InChI=1S/C13H18N4OS/c1-17(2)11-6-4-5-10(9-11)12-15-16-13(19-12)14-7-8-18-3/h4-6,9H,7-8H2,1-3H3,(H,14,16). The summed E-state index contributed by atoms with van der Waals surface area (Å²) in [5.41, 5.74) is 2.24. The Labute approximate surface area is 117 Å². The molecule has 0 aliphatic rings. The Morgan fingerprint density at radius 2 is 2.16 bits per heavy atom. The maximum Gasteiger partial charge on any atom is 0.206 e. The van der Waals surface area contributed by atoms with Crippen molar-refractivity contribution in [2.24, 2.45) is 0 Å². The molecule has 0 spiro atoms. The summed E-state index contributed by atoms with van der Waals surface area (Å²) in [6.45, 7) is 1.40. The highest BCUT2D eigenvalue weighted by Crippen LogP contribution is 2.28. The zero-order valence-corrected chi connectivity index (χ0v) is 12.2. The van der Waals surface area contributed by atoms with Crippen LogP contribution in [0.4, 0.5) is 10.8 Å². The number of methoxy groups -OCH3 is 1. The second kappa shape index (κ2) is 6.49. The quantitative estimate of drug-likeness (QED) is 0.822. The Morgan fingerprint density at radius 3 is 2.89 bits per heavy atom. The lowest BCUT2D eigenvalue weighted by Gasteiger charge is -2.12. The third kappa shape index (κ3) is 3.65. The van der Waals surface area contributed by atoms with Crippen molar-refractivity contribution in [3.8, 4) is 10.6 Å². The fourth-order valence-corrected chi connectivity index (χ4v) is 2.35. The highest BCUT2D eigenvalue weighted by molar-refractivity contribution is 7.18. The van der Waals surface area contributed by atoms with Gasteiger partial charge < -0.3 is 15.0 Å². The molecule has 1 aromatic heterocycles. The molecule has 102 valence electrons. The highest BCUT2D eigenvalue weighted by atomic mass is 32.1. The molecule has 2 aromatic rings. The first kappa shape index (κ1) is 13.8. The molecule has 1 aromatic carbocycles. The Hall–Kier alpha value is -1.66. The molecular weight excluding hydrogens is 260 g/mol. The van der Waals surface area contributed by atoms with Gasteiger partial charge in [0.2, 0.25) is 5.13 Å². The summed E-state index contributed by atoms with van der Waals surface area (Å²) in [7, 11) is 5.73. The average molecular weight is 278 g/mol. The molecular formula is C13H18N4OS. The van der Waals surface area contributed by atoms with Gasteiger partial charge in [0.15, 0.2) is 0 Å². The molecule has 0 amide bonds. The predicted octanol–water partition coefficient (Wildman–Crippen LogP) is 2.33. The van der Waals surface area contributed by atoms with Crippen LogP contribution in [0.15, 0.2) is 24.3 Å². The molecule has 0 saturated carbocycles. The maximum absolute atomic E-state index is 4.99. The Morgan fingerprint density at radius 1 is 1.32 bits per heavy atom. The van der Waals surface area contributed by atoms with Crippen molar-refractivity contribution in [2.75, 3.05) is 44.6 Å². The van der Waals surface area contributed by atoms with Crippen LogP contribution in [-0.4, -0.2) is 44.6 Å². The number of hydrogen-bond acceptors (Lipinski definition) is 6. The molecule has 0 unspecified atom stereocenters. The monoisotopic (exact) mass is 278 g/mol. The van der Waals surface area contributed by atoms with Crippen molar-refractivity contribution >= 4 is 22.2 Å². The van der Waals surface area contributed by atoms with Crippen LogP contribution >= 0.6 is 11.3 Å². The van der Waals surface area contributed by atoms with Gasteiger partial charge in [-0.25, -0.2) is 0 Å². The molecule has 1 heterocycles. The van der Waals surface area contributed by atoms with Gasteiger partial charge in [0.1, 0.15) is 5.01 Å². The van der Waals surface area contributed by atoms with E-state index >= 15 is 0 Å². The van der Waals surface area contributed by atoms with Gasteiger partial charge in [-0.3, -0.25) is 0 Å². The smallest absolute Gasteiger partial charge is 0.206 e. The normalized spacial score (nSPS) is 10.5. The topological polar surface area (TPSA) is 50.3 Å². The average Bonchev–Trinajstić information content (AvgIpc) is 2.88. The minimum atomic E-state index is 0.658. The summed E-state index contributed by atoms with van der Waals surface area (Å²) >= 11 is 1.55. The van der Waals surface area contributed by atoms with Crippen LogP contribution in [0.25, 0.3) is 10.6 Å². The Kier molecular flexibility index (Phi) is 4.70. The lowest BCUT2D eigenvalue weighted by Crippen LogP contribution is -2.08. The number of benzene rings is 1. The van der Waals surface area contributed by atoms with Crippen molar-refractivity contribution < 1.29 is 4.74 Å². The maximum atomic E-state index is 4.99. The lowest BCUT2D eigenvalue weighted by atomic mass is 10.2. The van der Waals surface area contributed by atoms with Crippen molar-refractivity contribution in [1.82, 2.24) is 10.2 Å².